The predicted molar refractivity (Wildman–Crippen MR) is 95.2 cm³/mol. The van der Waals surface area contributed by atoms with Crippen LogP contribution in [0.3, 0.4) is 0 Å². The van der Waals surface area contributed by atoms with Crippen molar-refractivity contribution in [3.8, 4) is 0 Å². The van der Waals surface area contributed by atoms with Crippen LogP contribution in [0.25, 0.3) is 0 Å². The first kappa shape index (κ1) is 24.7. The van der Waals surface area contributed by atoms with Crippen LogP contribution in [0.15, 0.2) is 24.3 Å². The normalized spacial score (nSPS) is 16.7. The topological polar surface area (TPSA) is 160 Å². The number of rotatable bonds is 11. The number of hydrogen-bond acceptors (Lipinski definition) is 7. The van der Waals surface area contributed by atoms with Crippen molar-refractivity contribution < 1.29 is 19.4 Å². The SMILES string of the molecule is N.N.NCC(O)CC(=O)CCCCCC(=O)OCC1C=CC=CC1. The molecule has 2 atom stereocenters. The predicted octanol–water partition coefficient (Wildman–Crippen LogP) is 2.22. The summed E-state index contributed by atoms with van der Waals surface area (Å²) in [5.41, 5.74) is 5.25. The third-order valence-electron chi connectivity index (χ3n) is 3.60. The zero-order valence-corrected chi connectivity index (χ0v) is 14.5. The number of aliphatic hydroxyl groups is 1. The highest BCUT2D eigenvalue weighted by atomic mass is 16.5. The van der Waals surface area contributed by atoms with Crippen LogP contribution >= 0.6 is 0 Å². The maximum Gasteiger partial charge on any atom is 0.305 e. The third kappa shape index (κ3) is 12.0. The van der Waals surface area contributed by atoms with Crippen LogP contribution in [0.5, 0.6) is 0 Å². The summed E-state index contributed by atoms with van der Waals surface area (Å²) in [4.78, 5) is 23.1. The average Bonchev–Trinajstić information content (AvgIpc) is 2.53. The summed E-state index contributed by atoms with van der Waals surface area (Å²) in [6.45, 7) is 0.554. The number of carbonyl (C=O) groups is 2. The van der Waals surface area contributed by atoms with Gasteiger partial charge in [-0.2, -0.15) is 0 Å². The third-order valence-corrected chi connectivity index (χ3v) is 3.60. The summed E-state index contributed by atoms with van der Waals surface area (Å²) in [7, 11) is 0. The van der Waals surface area contributed by atoms with Crippen molar-refractivity contribution in [1.29, 1.82) is 0 Å². The van der Waals surface area contributed by atoms with E-state index in [0.717, 1.165) is 25.7 Å². The van der Waals surface area contributed by atoms with E-state index >= 15 is 0 Å². The summed E-state index contributed by atoms with van der Waals surface area (Å²) in [5.74, 6) is 0.144. The van der Waals surface area contributed by atoms with Crippen molar-refractivity contribution in [2.75, 3.05) is 13.2 Å². The van der Waals surface area contributed by atoms with E-state index in [1.54, 1.807) is 0 Å². The summed E-state index contributed by atoms with van der Waals surface area (Å²) in [5, 5.41) is 9.25. The smallest absolute Gasteiger partial charge is 0.305 e. The molecule has 140 valence electrons. The minimum atomic E-state index is -0.730. The fourth-order valence-corrected chi connectivity index (χ4v) is 2.24. The molecule has 7 nitrogen and oxygen atoms in total. The van der Waals surface area contributed by atoms with Gasteiger partial charge in [0.25, 0.3) is 0 Å². The van der Waals surface area contributed by atoms with Crippen LogP contribution in [0.4, 0.5) is 0 Å². The molecule has 0 aromatic rings. The van der Waals surface area contributed by atoms with Crippen molar-refractivity contribution in [3.63, 3.8) is 0 Å². The molecule has 7 heteroatoms. The first-order valence-corrected chi connectivity index (χ1v) is 8.00. The molecule has 9 N–H and O–H groups in total. The first-order valence-electron chi connectivity index (χ1n) is 8.00. The minimum absolute atomic E-state index is 0. The van der Waals surface area contributed by atoms with Gasteiger partial charge in [0.15, 0.2) is 0 Å². The summed E-state index contributed by atoms with van der Waals surface area (Å²) >= 11 is 0. The molecule has 0 radical (unpaired) electrons. The summed E-state index contributed by atoms with van der Waals surface area (Å²) < 4.78 is 5.24. The van der Waals surface area contributed by atoms with E-state index in [9.17, 15) is 14.7 Å². The highest BCUT2D eigenvalue weighted by Gasteiger charge is 2.11. The van der Waals surface area contributed by atoms with Gasteiger partial charge >= 0.3 is 5.97 Å². The van der Waals surface area contributed by atoms with Gasteiger partial charge in [0.1, 0.15) is 5.78 Å². The van der Waals surface area contributed by atoms with Gasteiger partial charge in [-0.3, -0.25) is 9.59 Å². The molecule has 0 bridgehead atoms. The van der Waals surface area contributed by atoms with Gasteiger partial charge in [0, 0.05) is 31.7 Å². The molecule has 24 heavy (non-hydrogen) atoms. The van der Waals surface area contributed by atoms with E-state index in [0.29, 0.717) is 25.4 Å². The van der Waals surface area contributed by atoms with Crippen LogP contribution in [0.2, 0.25) is 0 Å². The minimum Gasteiger partial charge on any atom is -0.465 e. The van der Waals surface area contributed by atoms with E-state index in [-0.39, 0.29) is 37.0 Å². The van der Waals surface area contributed by atoms with Gasteiger partial charge in [-0.05, 0) is 19.3 Å². The Labute approximate surface area is 144 Å². The number of ketones is 1. The first-order chi connectivity index (χ1) is 10.6. The van der Waals surface area contributed by atoms with Gasteiger partial charge in [0.2, 0.25) is 0 Å². The zero-order valence-electron chi connectivity index (χ0n) is 14.5. The van der Waals surface area contributed by atoms with Gasteiger partial charge in [-0.25, -0.2) is 0 Å². The maximum absolute atomic E-state index is 11.6. The largest absolute Gasteiger partial charge is 0.465 e. The standard InChI is InChI=1S/C17H27NO4.2H3N/c18-12-16(20)11-15(19)9-5-2-6-10-17(21)22-13-14-7-3-1-4-8-14;;/h1,3-4,7,14,16,20H,2,5-6,8-13,18H2;2*1H3. The Hall–Kier alpha value is -1.54. The number of carbonyl (C=O) groups excluding carboxylic acids is 2. The molecule has 0 amide bonds. The molecule has 0 aromatic carbocycles. The molecule has 0 aromatic heterocycles. The second kappa shape index (κ2) is 15.0. The van der Waals surface area contributed by atoms with E-state index in [4.69, 9.17) is 10.5 Å². The lowest BCUT2D eigenvalue weighted by molar-refractivity contribution is -0.144. The molecule has 1 rings (SSSR count). The lowest BCUT2D eigenvalue weighted by Crippen LogP contribution is -2.22. The lowest BCUT2D eigenvalue weighted by Gasteiger charge is -2.13. The number of unbranched alkanes of at least 4 members (excludes halogenated alkanes) is 2. The van der Waals surface area contributed by atoms with Crippen molar-refractivity contribution >= 4 is 11.8 Å². The van der Waals surface area contributed by atoms with Crippen molar-refractivity contribution in [1.82, 2.24) is 12.3 Å². The van der Waals surface area contributed by atoms with Crippen LogP contribution in [-0.2, 0) is 14.3 Å². The Bertz CT molecular complexity index is 411. The number of Topliss-reactive ketones (excluding diaryl/α,β-unsaturated/α-hetero) is 1. The second-order valence-corrected chi connectivity index (χ2v) is 5.68. The zero-order chi connectivity index (χ0) is 16.2. The number of ether oxygens (including phenoxy) is 1. The lowest BCUT2D eigenvalue weighted by atomic mass is 10.0. The van der Waals surface area contributed by atoms with Gasteiger partial charge in [-0.1, -0.05) is 30.7 Å². The van der Waals surface area contributed by atoms with Gasteiger partial charge < -0.3 is 27.9 Å². The van der Waals surface area contributed by atoms with E-state index in [1.165, 1.54) is 0 Å². The second-order valence-electron chi connectivity index (χ2n) is 5.68. The Kier molecular flexibility index (Phi) is 15.5. The van der Waals surface area contributed by atoms with E-state index < -0.39 is 6.10 Å². The number of allylic oxidation sites excluding steroid dienone is 3. The molecule has 1 aliphatic carbocycles. The fourth-order valence-electron chi connectivity index (χ4n) is 2.24. The van der Waals surface area contributed by atoms with Crippen LogP contribution in [0, 0.1) is 5.92 Å². The highest BCUT2D eigenvalue weighted by molar-refractivity contribution is 5.78. The molecule has 0 aliphatic heterocycles. The Morgan fingerprint density at radius 3 is 2.50 bits per heavy atom. The van der Waals surface area contributed by atoms with Crippen molar-refractivity contribution in [2.45, 2.75) is 51.0 Å². The number of aliphatic hydroxyl groups excluding tert-OH is 1. The number of esters is 1. The Balaban J connectivity index is 0. The summed E-state index contributed by atoms with van der Waals surface area (Å²) in [6.07, 6.45) is 11.5. The molecule has 0 saturated heterocycles. The van der Waals surface area contributed by atoms with Crippen molar-refractivity contribution in [2.24, 2.45) is 11.7 Å². The van der Waals surface area contributed by atoms with Crippen molar-refractivity contribution in [3.05, 3.63) is 24.3 Å². The quantitative estimate of drug-likeness (QED) is 0.330. The molecule has 0 fully saturated rings. The van der Waals surface area contributed by atoms with Gasteiger partial charge in [-0.15, -0.1) is 0 Å². The van der Waals surface area contributed by atoms with E-state index in [1.807, 2.05) is 12.2 Å². The molecule has 0 spiro atoms. The molecule has 0 heterocycles. The number of nitrogens with two attached hydrogens (primary N) is 1. The maximum atomic E-state index is 11.6. The molecule has 2 unspecified atom stereocenters. The van der Waals surface area contributed by atoms with Crippen LogP contribution in [0.1, 0.15) is 44.9 Å². The van der Waals surface area contributed by atoms with Gasteiger partial charge in [0.05, 0.1) is 12.7 Å². The Morgan fingerprint density at radius 1 is 1.17 bits per heavy atom. The molecular formula is C17H33N3O4. The Morgan fingerprint density at radius 2 is 1.88 bits per heavy atom. The van der Waals surface area contributed by atoms with E-state index in [2.05, 4.69) is 12.2 Å². The fraction of sp³-hybridized carbons (Fsp3) is 0.647. The summed E-state index contributed by atoms with van der Waals surface area (Å²) in [6, 6.07) is 0. The van der Waals surface area contributed by atoms with Crippen LogP contribution < -0.4 is 18.0 Å². The average molecular weight is 343 g/mol. The molecule has 0 saturated carbocycles. The molecular weight excluding hydrogens is 310 g/mol. The molecule has 1 aliphatic rings. The monoisotopic (exact) mass is 343 g/mol. The van der Waals surface area contributed by atoms with Crippen LogP contribution in [-0.4, -0.2) is 36.1 Å². The number of hydrogen-bond donors (Lipinski definition) is 4. The highest BCUT2D eigenvalue weighted by Crippen LogP contribution is 2.12.